The van der Waals surface area contributed by atoms with Crippen molar-refractivity contribution < 1.29 is 9.90 Å². The normalized spacial score (nSPS) is 10.5. The van der Waals surface area contributed by atoms with E-state index in [0.29, 0.717) is 6.42 Å². The molecule has 1 rings (SSSR count). The van der Waals surface area contributed by atoms with Gasteiger partial charge in [-0.3, -0.25) is 4.79 Å². The second-order valence-corrected chi connectivity index (χ2v) is 3.96. The fourth-order valence-corrected chi connectivity index (χ4v) is 1.24. The number of aliphatic hydroxyl groups is 1. The minimum absolute atomic E-state index is 0.00504. The van der Waals surface area contributed by atoms with Crippen molar-refractivity contribution in [1.29, 1.82) is 0 Å². The Kier molecular flexibility index (Phi) is 4.95. The minimum Gasteiger partial charge on any atom is -0.392 e. The van der Waals surface area contributed by atoms with Crippen molar-refractivity contribution in [1.82, 2.24) is 4.90 Å². The number of hydrogen-bond acceptors (Lipinski definition) is 3. The maximum atomic E-state index is 11.5. The van der Waals surface area contributed by atoms with Crippen molar-refractivity contribution >= 4 is 11.6 Å². The zero-order valence-corrected chi connectivity index (χ0v) is 9.73. The molecule has 1 aromatic rings. The lowest BCUT2D eigenvalue weighted by molar-refractivity contribution is -0.116. The van der Waals surface area contributed by atoms with E-state index in [2.05, 4.69) is 5.32 Å². The first-order valence-corrected chi connectivity index (χ1v) is 5.26. The number of nitrogens with one attached hydrogen (secondary N) is 1. The molecule has 0 saturated carbocycles. The summed E-state index contributed by atoms with van der Waals surface area (Å²) in [5, 5.41) is 11.7. The van der Waals surface area contributed by atoms with Gasteiger partial charge in [-0.1, -0.05) is 12.1 Å². The van der Waals surface area contributed by atoms with E-state index >= 15 is 0 Å². The number of rotatable bonds is 5. The number of aliphatic hydroxyl groups excluding tert-OH is 1. The Morgan fingerprint density at radius 2 is 1.94 bits per heavy atom. The van der Waals surface area contributed by atoms with Crippen LogP contribution in [-0.2, 0) is 11.4 Å². The number of nitrogens with zero attached hydrogens (tertiary/aromatic N) is 1. The first-order chi connectivity index (χ1) is 7.61. The van der Waals surface area contributed by atoms with Gasteiger partial charge in [-0.2, -0.15) is 0 Å². The molecule has 0 aliphatic carbocycles. The maximum absolute atomic E-state index is 11.5. The van der Waals surface area contributed by atoms with Gasteiger partial charge < -0.3 is 15.3 Å². The molecule has 0 atom stereocenters. The predicted octanol–water partition coefficient (Wildman–Crippen LogP) is 1.07. The molecule has 0 aromatic heterocycles. The lowest BCUT2D eigenvalue weighted by atomic mass is 10.2. The highest BCUT2D eigenvalue weighted by atomic mass is 16.3. The standard InChI is InChI=1S/C12H18N2O2/c1-14(2)8-7-12(16)13-11-5-3-10(9-15)4-6-11/h3-6,15H,7-9H2,1-2H3,(H,13,16). The van der Waals surface area contributed by atoms with Crippen LogP contribution in [0.5, 0.6) is 0 Å². The second-order valence-electron chi connectivity index (χ2n) is 3.96. The van der Waals surface area contributed by atoms with Crippen LogP contribution in [0.25, 0.3) is 0 Å². The summed E-state index contributed by atoms with van der Waals surface area (Å²) < 4.78 is 0. The Morgan fingerprint density at radius 1 is 1.31 bits per heavy atom. The quantitative estimate of drug-likeness (QED) is 0.783. The Morgan fingerprint density at radius 3 is 2.44 bits per heavy atom. The topological polar surface area (TPSA) is 52.6 Å². The summed E-state index contributed by atoms with van der Waals surface area (Å²) in [6, 6.07) is 7.17. The van der Waals surface area contributed by atoms with Crippen LogP contribution in [0, 0.1) is 0 Å². The zero-order chi connectivity index (χ0) is 12.0. The predicted molar refractivity (Wildman–Crippen MR) is 64.2 cm³/mol. The SMILES string of the molecule is CN(C)CCC(=O)Nc1ccc(CO)cc1. The lowest BCUT2D eigenvalue weighted by Gasteiger charge is -2.09. The number of carbonyl (C=O) groups excluding carboxylic acids is 1. The van der Waals surface area contributed by atoms with Crippen LogP contribution in [0.4, 0.5) is 5.69 Å². The highest BCUT2D eigenvalue weighted by molar-refractivity contribution is 5.90. The Balaban J connectivity index is 2.43. The molecule has 16 heavy (non-hydrogen) atoms. The Hall–Kier alpha value is -1.39. The van der Waals surface area contributed by atoms with E-state index in [-0.39, 0.29) is 12.5 Å². The molecule has 0 saturated heterocycles. The monoisotopic (exact) mass is 222 g/mol. The number of hydrogen-bond donors (Lipinski definition) is 2. The summed E-state index contributed by atoms with van der Waals surface area (Å²) in [4.78, 5) is 13.5. The maximum Gasteiger partial charge on any atom is 0.225 e. The van der Waals surface area contributed by atoms with Gasteiger partial charge in [0.05, 0.1) is 6.61 Å². The van der Waals surface area contributed by atoms with Crippen LogP contribution in [0.2, 0.25) is 0 Å². The first kappa shape index (κ1) is 12.7. The summed E-state index contributed by atoms with van der Waals surface area (Å²) in [5.41, 5.74) is 1.60. The van der Waals surface area contributed by atoms with Gasteiger partial charge in [-0.25, -0.2) is 0 Å². The smallest absolute Gasteiger partial charge is 0.225 e. The van der Waals surface area contributed by atoms with Crippen molar-refractivity contribution in [3.63, 3.8) is 0 Å². The third-order valence-corrected chi connectivity index (χ3v) is 2.21. The number of anilines is 1. The molecular weight excluding hydrogens is 204 g/mol. The molecule has 0 bridgehead atoms. The fraction of sp³-hybridized carbons (Fsp3) is 0.417. The molecule has 0 spiro atoms. The van der Waals surface area contributed by atoms with Crippen molar-refractivity contribution in [2.45, 2.75) is 13.0 Å². The lowest BCUT2D eigenvalue weighted by Crippen LogP contribution is -2.20. The van der Waals surface area contributed by atoms with E-state index in [0.717, 1.165) is 17.8 Å². The van der Waals surface area contributed by atoms with Crippen LogP contribution in [0.1, 0.15) is 12.0 Å². The van der Waals surface area contributed by atoms with E-state index < -0.39 is 0 Å². The summed E-state index contributed by atoms with van der Waals surface area (Å²) in [5.74, 6) is 0.00504. The molecule has 0 radical (unpaired) electrons. The summed E-state index contributed by atoms with van der Waals surface area (Å²) in [7, 11) is 3.87. The molecule has 4 heteroatoms. The van der Waals surface area contributed by atoms with Gasteiger partial charge in [-0.05, 0) is 31.8 Å². The molecular formula is C12H18N2O2. The molecule has 4 nitrogen and oxygen atoms in total. The van der Waals surface area contributed by atoms with Crippen LogP contribution < -0.4 is 5.32 Å². The molecule has 88 valence electrons. The average Bonchev–Trinajstić information content (AvgIpc) is 2.27. The molecule has 0 unspecified atom stereocenters. The zero-order valence-electron chi connectivity index (χ0n) is 9.73. The largest absolute Gasteiger partial charge is 0.392 e. The third kappa shape index (κ3) is 4.42. The average molecular weight is 222 g/mol. The van der Waals surface area contributed by atoms with E-state index in [1.807, 2.05) is 19.0 Å². The Labute approximate surface area is 95.9 Å². The van der Waals surface area contributed by atoms with E-state index in [9.17, 15) is 4.79 Å². The van der Waals surface area contributed by atoms with Gasteiger partial charge in [0.2, 0.25) is 5.91 Å². The first-order valence-electron chi connectivity index (χ1n) is 5.26. The molecule has 1 amide bonds. The number of amides is 1. The van der Waals surface area contributed by atoms with Gasteiger partial charge in [0.15, 0.2) is 0 Å². The Bertz CT molecular complexity index is 333. The molecule has 0 heterocycles. The van der Waals surface area contributed by atoms with Crippen LogP contribution >= 0.6 is 0 Å². The van der Waals surface area contributed by atoms with E-state index in [1.165, 1.54) is 0 Å². The molecule has 1 aromatic carbocycles. The van der Waals surface area contributed by atoms with Gasteiger partial charge >= 0.3 is 0 Å². The second kappa shape index (κ2) is 6.25. The molecule has 0 aliphatic rings. The van der Waals surface area contributed by atoms with Crippen molar-refractivity contribution in [3.05, 3.63) is 29.8 Å². The molecule has 0 fully saturated rings. The molecule has 0 aliphatic heterocycles. The fourth-order valence-electron chi connectivity index (χ4n) is 1.24. The van der Waals surface area contributed by atoms with Gasteiger partial charge in [0.25, 0.3) is 0 Å². The van der Waals surface area contributed by atoms with Gasteiger partial charge in [0.1, 0.15) is 0 Å². The third-order valence-electron chi connectivity index (χ3n) is 2.21. The van der Waals surface area contributed by atoms with Crippen molar-refractivity contribution in [3.8, 4) is 0 Å². The van der Waals surface area contributed by atoms with E-state index in [4.69, 9.17) is 5.11 Å². The number of carbonyl (C=O) groups is 1. The summed E-state index contributed by atoms with van der Waals surface area (Å²) in [6.07, 6.45) is 0.481. The van der Waals surface area contributed by atoms with Crippen molar-refractivity contribution in [2.75, 3.05) is 26.0 Å². The van der Waals surface area contributed by atoms with Crippen LogP contribution in [0.3, 0.4) is 0 Å². The van der Waals surface area contributed by atoms with Gasteiger partial charge in [-0.15, -0.1) is 0 Å². The highest BCUT2D eigenvalue weighted by Gasteiger charge is 2.02. The van der Waals surface area contributed by atoms with Crippen LogP contribution in [-0.4, -0.2) is 36.6 Å². The van der Waals surface area contributed by atoms with Crippen molar-refractivity contribution in [2.24, 2.45) is 0 Å². The van der Waals surface area contributed by atoms with Crippen LogP contribution in [0.15, 0.2) is 24.3 Å². The number of benzene rings is 1. The summed E-state index contributed by atoms with van der Waals surface area (Å²) in [6.45, 7) is 0.759. The summed E-state index contributed by atoms with van der Waals surface area (Å²) >= 11 is 0. The molecule has 2 N–H and O–H groups in total. The minimum atomic E-state index is 0.00504. The highest BCUT2D eigenvalue weighted by Crippen LogP contribution is 2.09. The van der Waals surface area contributed by atoms with E-state index in [1.54, 1.807) is 24.3 Å². The van der Waals surface area contributed by atoms with Gasteiger partial charge in [0, 0.05) is 18.7 Å².